The molecule has 236 valence electrons. The molecule has 0 radical (unpaired) electrons. The Morgan fingerprint density at radius 1 is 0.902 bits per heavy atom. The molecule has 41 heavy (non-hydrogen) atoms. The fraction of sp³-hybridized carbons (Fsp3) is 0.800. The highest BCUT2D eigenvalue weighted by Crippen LogP contribution is 2.45. The Balaban J connectivity index is 1.86. The van der Waals surface area contributed by atoms with Crippen LogP contribution in [0.1, 0.15) is 134 Å². The zero-order chi connectivity index (χ0) is 30.6. The van der Waals surface area contributed by atoms with Gasteiger partial charge in [-0.2, -0.15) is 0 Å². The summed E-state index contributed by atoms with van der Waals surface area (Å²) in [6.07, 6.45) is 12.5. The average Bonchev–Trinajstić information content (AvgIpc) is 2.91. The monoisotopic (exact) mass is 576 g/mol. The van der Waals surface area contributed by atoms with Crippen molar-refractivity contribution in [2.45, 2.75) is 151 Å². The van der Waals surface area contributed by atoms with Crippen molar-refractivity contribution in [1.29, 1.82) is 0 Å². The molecule has 2 N–H and O–H groups in total. The van der Waals surface area contributed by atoms with Gasteiger partial charge in [-0.3, -0.25) is 4.79 Å². The Morgan fingerprint density at radius 2 is 1.51 bits per heavy atom. The molecule has 0 saturated heterocycles. The average molecular weight is 577 g/mol. The third-order valence-electron chi connectivity index (χ3n) is 9.05. The van der Waals surface area contributed by atoms with Crippen LogP contribution in [0.25, 0.3) is 0 Å². The first kappa shape index (κ1) is 35.6. The lowest BCUT2D eigenvalue weighted by atomic mass is 9.83. The van der Waals surface area contributed by atoms with E-state index >= 15 is 0 Å². The topological polar surface area (TPSA) is 85.2 Å². The normalized spacial score (nSPS) is 19.0. The van der Waals surface area contributed by atoms with Crippen LogP contribution in [-0.4, -0.2) is 41.3 Å². The summed E-state index contributed by atoms with van der Waals surface area (Å²) in [5.74, 6) is 3.58. The number of carbonyl (C=O) groups excluding carboxylic acids is 1. The standard InChI is InChI=1S/C35H60O6/c1-24(2)12-9-13-25(3)14-10-15-26(4)16-11-20-35(8)21-19-30-29(7)33(27(5)28(6)34(30)41-35)40-32(38)18-17-31(37)39-23-22-36/h24-26,31,36-37H,9-23H2,1-8H3. The number of aliphatic hydroxyl groups is 2. The lowest BCUT2D eigenvalue weighted by Gasteiger charge is -2.38. The molecule has 4 unspecified atom stereocenters. The van der Waals surface area contributed by atoms with Crippen LogP contribution < -0.4 is 9.47 Å². The minimum absolute atomic E-state index is 0.0337. The van der Waals surface area contributed by atoms with E-state index in [0.717, 1.165) is 65.0 Å². The lowest BCUT2D eigenvalue weighted by Crippen LogP contribution is -2.37. The Bertz CT molecular complexity index is 941. The first-order chi connectivity index (χ1) is 19.4. The van der Waals surface area contributed by atoms with Gasteiger partial charge < -0.3 is 24.4 Å². The van der Waals surface area contributed by atoms with Crippen LogP contribution in [0.3, 0.4) is 0 Å². The highest BCUT2D eigenvalue weighted by molar-refractivity contribution is 5.74. The number of hydrogen-bond acceptors (Lipinski definition) is 6. The van der Waals surface area contributed by atoms with Gasteiger partial charge in [-0.1, -0.05) is 72.6 Å². The summed E-state index contributed by atoms with van der Waals surface area (Å²) >= 11 is 0. The number of esters is 1. The van der Waals surface area contributed by atoms with Crippen LogP contribution in [0.4, 0.5) is 0 Å². The fourth-order valence-corrected chi connectivity index (χ4v) is 6.09. The second-order valence-corrected chi connectivity index (χ2v) is 13.5. The van der Waals surface area contributed by atoms with Crippen molar-refractivity contribution in [3.8, 4) is 11.5 Å². The molecule has 0 spiro atoms. The largest absolute Gasteiger partial charge is 0.487 e. The molecule has 1 aromatic carbocycles. The molecule has 0 aromatic heterocycles. The van der Waals surface area contributed by atoms with E-state index in [4.69, 9.17) is 19.3 Å². The number of rotatable bonds is 19. The first-order valence-corrected chi connectivity index (χ1v) is 16.3. The quantitative estimate of drug-likeness (QED) is 0.0982. The maximum Gasteiger partial charge on any atom is 0.311 e. The third kappa shape index (κ3) is 11.9. The van der Waals surface area contributed by atoms with Gasteiger partial charge in [0.15, 0.2) is 6.29 Å². The maximum absolute atomic E-state index is 12.5. The minimum Gasteiger partial charge on any atom is -0.487 e. The van der Waals surface area contributed by atoms with Gasteiger partial charge in [0.2, 0.25) is 0 Å². The molecule has 4 atom stereocenters. The van der Waals surface area contributed by atoms with Gasteiger partial charge in [-0.05, 0) is 87.8 Å². The summed E-state index contributed by atoms with van der Waals surface area (Å²) in [7, 11) is 0. The number of fused-ring (bicyclic) bond motifs is 1. The lowest BCUT2D eigenvalue weighted by molar-refractivity contribution is -0.141. The summed E-state index contributed by atoms with van der Waals surface area (Å²) in [5, 5.41) is 18.6. The van der Waals surface area contributed by atoms with E-state index in [1.165, 1.54) is 51.4 Å². The van der Waals surface area contributed by atoms with Crippen molar-refractivity contribution in [2.24, 2.45) is 17.8 Å². The number of hydrogen-bond donors (Lipinski definition) is 2. The molecular formula is C35H60O6. The van der Waals surface area contributed by atoms with Crippen molar-refractivity contribution in [3.63, 3.8) is 0 Å². The van der Waals surface area contributed by atoms with Gasteiger partial charge >= 0.3 is 5.97 Å². The van der Waals surface area contributed by atoms with Crippen LogP contribution in [0.5, 0.6) is 11.5 Å². The molecule has 0 aliphatic carbocycles. The van der Waals surface area contributed by atoms with Crippen molar-refractivity contribution in [3.05, 3.63) is 22.3 Å². The summed E-state index contributed by atoms with van der Waals surface area (Å²) in [5.41, 5.74) is 3.87. The van der Waals surface area contributed by atoms with Crippen LogP contribution in [-0.2, 0) is 16.0 Å². The minimum atomic E-state index is -1.09. The van der Waals surface area contributed by atoms with E-state index < -0.39 is 12.3 Å². The molecule has 0 bridgehead atoms. The third-order valence-corrected chi connectivity index (χ3v) is 9.05. The van der Waals surface area contributed by atoms with E-state index in [1.54, 1.807) is 0 Å². The molecule has 0 amide bonds. The molecule has 2 rings (SSSR count). The molecule has 6 nitrogen and oxygen atoms in total. The second-order valence-electron chi connectivity index (χ2n) is 13.5. The Labute approximate surface area is 250 Å². The van der Waals surface area contributed by atoms with Crippen LogP contribution >= 0.6 is 0 Å². The summed E-state index contributed by atoms with van der Waals surface area (Å²) in [4.78, 5) is 12.5. The second kappa shape index (κ2) is 17.5. The molecular weight excluding hydrogens is 516 g/mol. The van der Waals surface area contributed by atoms with Crippen LogP contribution in [0.15, 0.2) is 0 Å². The smallest absolute Gasteiger partial charge is 0.311 e. The van der Waals surface area contributed by atoms with E-state index in [-0.39, 0.29) is 31.7 Å². The predicted octanol–water partition coefficient (Wildman–Crippen LogP) is 8.15. The SMILES string of the molecule is Cc1c(C)c2c(c(C)c1OC(=O)CCC(O)OCCO)CCC(C)(CCCC(C)CCCC(C)CCCC(C)C)O2. The van der Waals surface area contributed by atoms with Gasteiger partial charge in [0.25, 0.3) is 0 Å². The van der Waals surface area contributed by atoms with E-state index in [2.05, 4.69) is 41.5 Å². The van der Waals surface area contributed by atoms with E-state index in [0.29, 0.717) is 5.75 Å². The van der Waals surface area contributed by atoms with Gasteiger partial charge in [0.05, 0.1) is 19.6 Å². The molecule has 1 heterocycles. The Kier molecular flexibility index (Phi) is 15.2. The van der Waals surface area contributed by atoms with Gasteiger partial charge in [-0.25, -0.2) is 0 Å². The number of ether oxygens (including phenoxy) is 3. The molecule has 1 aliphatic rings. The first-order valence-electron chi connectivity index (χ1n) is 16.3. The number of benzene rings is 1. The zero-order valence-corrected chi connectivity index (χ0v) is 27.4. The highest BCUT2D eigenvalue weighted by atomic mass is 16.6. The van der Waals surface area contributed by atoms with Crippen molar-refractivity contribution in [1.82, 2.24) is 0 Å². The van der Waals surface area contributed by atoms with E-state index in [1.807, 2.05) is 13.8 Å². The highest BCUT2D eigenvalue weighted by Gasteiger charge is 2.34. The van der Waals surface area contributed by atoms with Crippen molar-refractivity contribution in [2.75, 3.05) is 13.2 Å². The molecule has 6 heteroatoms. The van der Waals surface area contributed by atoms with Crippen LogP contribution in [0, 0.1) is 38.5 Å². The van der Waals surface area contributed by atoms with E-state index in [9.17, 15) is 9.90 Å². The van der Waals surface area contributed by atoms with Crippen LogP contribution in [0.2, 0.25) is 0 Å². The molecule has 1 aromatic rings. The maximum atomic E-state index is 12.5. The van der Waals surface area contributed by atoms with Crippen molar-refractivity contribution >= 4 is 5.97 Å². The predicted molar refractivity (Wildman–Crippen MR) is 167 cm³/mol. The Hall–Kier alpha value is -1.63. The van der Waals surface area contributed by atoms with Gasteiger partial charge in [0.1, 0.15) is 17.1 Å². The summed E-state index contributed by atoms with van der Waals surface area (Å²) < 4.78 is 17.5. The Morgan fingerprint density at radius 3 is 2.12 bits per heavy atom. The zero-order valence-electron chi connectivity index (χ0n) is 27.4. The number of carbonyl (C=O) groups is 1. The molecule has 0 saturated carbocycles. The summed E-state index contributed by atoms with van der Waals surface area (Å²) in [6, 6.07) is 0. The van der Waals surface area contributed by atoms with Crippen molar-refractivity contribution < 1.29 is 29.2 Å². The number of aliphatic hydroxyl groups excluding tert-OH is 2. The molecule has 1 aliphatic heterocycles. The summed E-state index contributed by atoms with van der Waals surface area (Å²) in [6.45, 7) is 17.6. The molecule has 0 fully saturated rings. The van der Waals surface area contributed by atoms with Gasteiger partial charge in [-0.15, -0.1) is 0 Å². The fourth-order valence-electron chi connectivity index (χ4n) is 6.09. The van der Waals surface area contributed by atoms with Gasteiger partial charge in [0, 0.05) is 12.0 Å².